The van der Waals surface area contributed by atoms with Crippen LogP contribution in [0.3, 0.4) is 0 Å². The van der Waals surface area contributed by atoms with Crippen molar-refractivity contribution < 1.29 is 4.21 Å². The number of rotatable bonds is 7. The van der Waals surface area contributed by atoms with E-state index in [2.05, 4.69) is 44.3 Å². The molecule has 2 atom stereocenters. The van der Waals surface area contributed by atoms with E-state index in [-0.39, 0.29) is 6.04 Å². The third-order valence-corrected chi connectivity index (χ3v) is 6.22. The molecule has 1 aromatic carbocycles. The summed E-state index contributed by atoms with van der Waals surface area (Å²) in [7, 11) is -0.945. The molecule has 1 N–H and O–H groups in total. The summed E-state index contributed by atoms with van der Waals surface area (Å²) < 4.78 is 13.5. The Kier molecular flexibility index (Phi) is 6.15. The van der Waals surface area contributed by atoms with Gasteiger partial charge in [0.15, 0.2) is 0 Å². The van der Waals surface area contributed by atoms with E-state index in [0.717, 1.165) is 17.2 Å². The second-order valence-electron chi connectivity index (χ2n) is 5.31. The second-order valence-corrected chi connectivity index (χ2v) is 7.98. The normalized spacial score (nSPS) is 14.0. The Morgan fingerprint density at radius 1 is 1.29 bits per heavy atom. The zero-order valence-corrected chi connectivity index (χ0v) is 14.5. The van der Waals surface area contributed by atoms with Crippen LogP contribution in [-0.4, -0.2) is 16.5 Å². The molecule has 0 bridgehead atoms. The molecule has 0 saturated heterocycles. The Bertz CT molecular complexity index is 593. The maximum atomic E-state index is 12.5. The quantitative estimate of drug-likeness (QED) is 0.827. The maximum Gasteiger partial charge on any atom is 0.0911 e. The Morgan fingerprint density at radius 2 is 2.10 bits per heavy atom. The van der Waals surface area contributed by atoms with Gasteiger partial charge in [0.2, 0.25) is 0 Å². The SMILES string of the molecule is CCCNC(CS(=O)c1cccs1)c1cc(C)ccc1C. The molecule has 114 valence electrons. The molecule has 0 saturated carbocycles. The minimum atomic E-state index is -0.945. The van der Waals surface area contributed by atoms with Crippen molar-refractivity contribution in [3.05, 3.63) is 52.4 Å². The summed E-state index contributed by atoms with van der Waals surface area (Å²) in [6, 6.07) is 10.6. The maximum absolute atomic E-state index is 12.5. The zero-order chi connectivity index (χ0) is 15.2. The van der Waals surface area contributed by atoms with Gasteiger partial charge in [-0.15, -0.1) is 11.3 Å². The molecule has 0 aliphatic rings. The van der Waals surface area contributed by atoms with E-state index in [1.807, 2.05) is 17.5 Å². The largest absolute Gasteiger partial charge is 0.309 e. The summed E-state index contributed by atoms with van der Waals surface area (Å²) in [6.07, 6.45) is 1.08. The topological polar surface area (TPSA) is 29.1 Å². The number of thiophene rings is 1. The molecule has 0 aliphatic heterocycles. The number of hydrogen-bond donors (Lipinski definition) is 1. The number of benzene rings is 1. The lowest BCUT2D eigenvalue weighted by Crippen LogP contribution is -2.27. The Balaban J connectivity index is 2.21. The van der Waals surface area contributed by atoms with Gasteiger partial charge in [-0.2, -0.15) is 0 Å². The molecule has 1 aromatic heterocycles. The number of nitrogens with one attached hydrogen (secondary N) is 1. The van der Waals surface area contributed by atoms with Crippen LogP contribution in [0.25, 0.3) is 0 Å². The molecule has 0 fully saturated rings. The molecule has 21 heavy (non-hydrogen) atoms. The molecular weight excluding hydrogens is 298 g/mol. The highest BCUT2D eigenvalue weighted by Crippen LogP contribution is 2.23. The number of aryl methyl sites for hydroxylation is 2. The fourth-order valence-corrected chi connectivity index (χ4v) is 4.58. The Hall–Kier alpha value is -0.970. The van der Waals surface area contributed by atoms with Gasteiger partial charge in [0.05, 0.1) is 15.0 Å². The van der Waals surface area contributed by atoms with Crippen molar-refractivity contribution in [1.82, 2.24) is 5.32 Å². The van der Waals surface area contributed by atoms with Gasteiger partial charge in [-0.3, -0.25) is 4.21 Å². The minimum Gasteiger partial charge on any atom is -0.309 e. The Morgan fingerprint density at radius 3 is 2.76 bits per heavy atom. The van der Waals surface area contributed by atoms with E-state index in [0.29, 0.717) is 5.75 Å². The first kappa shape index (κ1) is 16.4. The van der Waals surface area contributed by atoms with Crippen LogP contribution >= 0.6 is 11.3 Å². The summed E-state index contributed by atoms with van der Waals surface area (Å²) >= 11 is 1.57. The lowest BCUT2D eigenvalue weighted by atomic mass is 10.00. The van der Waals surface area contributed by atoms with Gasteiger partial charge < -0.3 is 5.32 Å². The summed E-state index contributed by atoms with van der Waals surface area (Å²) in [5, 5.41) is 5.54. The van der Waals surface area contributed by atoms with E-state index in [4.69, 9.17) is 0 Å². The van der Waals surface area contributed by atoms with Crippen LogP contribution in [0.5, 0.6) is 0 Å². The van der Waals surface area contributed by atoms with Crippen LogP contribution < -0.4 is 5.32 Å². The van der Waals surface area contributed by atoms with Gasteiger partial charge in [0, 0.05) is 11.8 Å². The zero-order valence-electron chi connectivity index (χ0n) is 12.9. The van der Waals surface area contributed by atoms with Gasteiger partial charge >= 0.3 is 0 Å². The predicted octanol–water partition coefficient (Wildman–Crippen LogP) is 4.21. The van der Waals surface area contributed by atoms with Crippen molar-refractivity contribution in [3.8, 4) is 0 Å². The average molecular weight is 322 g/mol. The van der Waals surface area contributed by atoms with Crippen LogP contribution in [0.1, 0.15) is 36.1 Å². The third-order valence-electron chi connectivity index (χ3n) is 3.49. The molecular formula is C17H23NOS2. The van der Waals surface area contributed by atoms with Crippen LogP contribution in [0.4, 0.5) is 0 Å². The highest BCUT2D eigenvalue weighted by atomic mass is 32.2. The fraction of sp³-hybridized carbons (Fsp3) is 0.412. The first-order chi connectivity index (χ1) is 10.1. The first-order valence-corrected chi connectivity index (χ1v) is 9.54. The molecule has 4 heteroatoms. The van der Waals surface area contributed by atoms with Crippen molar-refractivity contribution in [2.45, 2.75) is 37.4 Å². The van der Waals surface area contributed by atoms with Crippen molar-refractivity contribution in [1.29, 1.82) is 0 Å². The van der Waals surface area contributed by atoms with Crippen LogP contribution in [-0.2, 0) is 10.8 Å². The second kappa shape index (κ2) is 7.87. The third kappa shape index (κ3) is 4.50. The highest BCUT2D eigenvalue weighted by Gasteiger charge is 2.18. The van der Waals surface area contributed by atoms with E-state index in [1.54, 1.807) is 11.3 Å². The summed E-state index contributed by atoms with van der Waals surface area (Å²) in [4.78, 5) is 0. The standard InChI is InChI=1S/C17H23NOS2/c1-4-9-18-16(12-21(19)17-6-5-10-20-17)15-11-13(2)7-8-14(15)3/h5-8,10-11,16,18H,4,9,12H2,1-3H3. The van der Waals surface area contributed by atoms with E-state index >= 15 is 0 Å². The monoisotopic (exact) mass is 321 g/mol. The number of hydrogen-bond acceptors (Lipinski definition) is 3. The van der Waals surface area contributed by atoms with Crippen LogP contribution in [0.2, 0.25) is 0 Å². The van der Waals surface area contributed by atoms with Gasteiger partial charge in [-0.05, 0) is 49.4 Å². The Labute approximate surface area is 134 Å². The van der Waals surface area contributed by atoms with Crippen LogP contribution in [0, 0.1) is 13.8 Å². The van der Waals surface area contributed by atoms with Crippen LogP contribution in [0.15, 0.2) is 39.9 Å². The smallest absolute Gasteiger partial charge is 0.0911 e. The van der Waals surface area contributed by atoms with E-state index in [9.17, 15) is 4.21 Å². The molecule has 0 radical (unpaired) electrons. The van der Waals surface area contributed by atoms with E-state index in [1.165, 1.54) is 16.7 Å². The molecule has 2 aromatic rings. The van der Waals surface area contributed by atoms with Crippen molar-refractivity contribution >= 4 is 22.1 Å². The van der Waals surface area contributed by atoms with Crippen molar-refractivity contribution in [2.24, 2.45) is 0 Å². The molecule has 1 heterocycles. The van der Waals surface area contributed by atoms with Gasteiger partial charge in [0.1, 0.15) is 0 Å². The molecule has 2 nitrogen and oxygen atoms in total. The lowest BCUT2D eigenvalue weighted by molar-refractivity contribution is 0.567. The van der Waals surface area contributed by atoms with Gasteiger partial charge in [-0.25, -0.2) is 0 Å². The van der Waals surface area contributed by atoms with E-state index < -0.39 is 10.8 Å². The van der Waals surface area contributed by atoms with Crippen molar-refractivity contribution in [2.75, 3.05) is 12.3 Å². The van der Waals surface area contributed by atoms with Crippen molar-refractivity contribution in [3.63, 3.8) is 0 Å². The van der Waals surface area contributed by atoms with Gasteiger partial charge in [-0.1, -0.05) is 36.8 Å². The van der Waals surface area contributed by atoms with Gasteiger partial charge in [0.25, 0.3) is 0 Å². The minimum absolute atomic E-state index is 0.146. The summed E-state index contributed by atoms with van der Waals surface area (Å²) in [6.45, 7) is 7.34. The fourth-order valence-electron chi connectivity index (χ4n) is 2.34. The predicted molar refractivity (Wildman–Crippen MR) is 92.5 cm³/mol. The molecule has 0 aliphatic carbocycles. The summed E-state index contributed by atoms with van der Waals surface area (Å²) in [5.74, 6) is 0.630. The first-order valence-electron chi connectivity index (χ1n) is 7.34. The highest BCUT2D eigenvalue weighted by molar-refractivity contribution is 7.87. The molecule has 2 rings (SSSR count). The summed E-state index contributed by atoms with van der Waals surface area (Å²) in [5.41, 5.74) is 3.78. The molecule has 0 spiro atoms. The molecule has 0 amide bonds. The molecule has 2 unspecified atom stereocenters. The lowest BCUT2D eigenvalue weighted by Gasteiger charge is -2.21. The average Bonchev–Trinajstić information content (AvgIpc) is 3.00.